The summed E-state index contributed by atoms with van der Waals surface area (Å²) in [5.74, 6) is 1.32. The van der Waals surface area contributed by atoms with Gasteiger partial charge in [0, 0.05) is 43.9 Å². The van der Waals surface area contributed by atoms with Crippen LogP contribution in [0, 0.1) is 0 Å². The first-order valence-electron chi connectivity index (χ1n) is 18.8. The van der Waals surface area contributed by atoms with Crippen LogP contribution in [0.1, 0.15) is 13.7 Å². The standard InChI is InChI=1S/C39H24N4O/c1-3-11-25(12-4-1)37-40-38(26-13-5-2-6-14-26)42-39(41-37)27-19-21-28(22-20-27)43-33-17-9-7-15-29(33)31-23-24-32-30-16-8-10-18-34(30)44-36(32)35(31)43/h1-24H/i7D,8D,9D,10D,15D,16D,17D,18D,23D,24D. The molecule has 0 amide bonds. The first kappa shape index (κ1) is 16.5. The van der Waals surface area contributed by atoms with Crippen LogP contribution in [0.5, 0.6) is 0 Å². The number of para-hydroxylation sites is 2. The first-order chi connectivity index (χ1) is 26.0. The van der Waals surface area contributed by atoms with Gasteiger partial charge in [0.15, 0.2) is 23.1 Å². The Bertz CT molecular complexity index is 2980. The zero-order chi connectivity index (χ0) is 37.7. The van der Waals surface area contributed by atoms with E-state index in [4.69, 9.17) is 31.7 Å². The zero-order valence-electron chi connectivity index (χ0n) is 32.8. The number of hydrogen-bond donors (Lipinski definition) is 0. The van der Waals surface area contributed by atoms with E-state index in [-0.39, 0.29) is 55.8 Å². The molecule has 0 spiro atoms. The predicted molar refractivity (Wildman–Crippen MR) is 178 cm³/mol. The molecule has 44 heavy (non-hydrogen) atoms. The van der Waals surface area contributed by atoms with Crippen molar-refractivity contribution >= 4 is 43.7 Å². The summed E-state index contributed by atoms with van der Waals surface area (Å²) >= 11 is 0. The highest BCUT2D eigenvalue weighted by Crippen LogP contribution is 2.40. The molecule has 0 atom stereocenters. The third-order valence-corrected chi connectivity index (χ3v) is 7.55. The molecular formula is C39H24N4O. The molecule has 0 saturated heterocycles. The van der Waals surface area contributed by atoms with Crippen LogP contribution in [-0.2, 0) is 0 Å². The van der Waals surface area contributed by atoms with Crippen LogP contribution in [0.2, 0.25) is 0 Å². The summed E-state index contributed by atoms with van der Waals surface area (Å²) in [5.41, 5.74) is 2.50. The molecule has 3 heterocycles. The average Bonchev–Trinajstić information content (AvgIpc) is 3.78. The summed E-state index contributed by atoms with van der Waals surface area (Å²) in [6, 6.07) is 21.4. The second-order valence-electron chi connectivity index (χ2n) is 10.1. The number of fused-ring (bicyclic) bond motifs is 7. The fraction of sp³-hybridized carbons (Fsp3) is 0. The van der Waals surface area contributed by atoms with Crippen molar-refractivity contribution in [2.45, 2.75) is 0 Å². The summed E-state index contributed by atoms with van der Waals surface area (Å²) in [7, 11) is 0. The van der Waals surface area contributed by atoms with Crippen molar-refractivity contribution in [1.82, 2.24) is 19.5 Å². The van der Waals surface area contributed by atoms with Gasteiger partial charge in [-0.3, -0.25) is 0 Å². The Morgan fingerprint density at radius 2 is 1.05 bits per heavy atom. The van der Waals surface area contributed by atoms with Gasteiger partial charge in [0.1, 0.15) is 5.58 Å². The molecule has 0 aliphatic carbocycles. The maximum absolute atomic E-state index is 9.17. The number of furan rings is 1. The van der Waals surface area contributed by atoms with Crippen molar-refractivity contribution in [2.24, 2.45) is 0 Å². The van der Waals surface area contributed by atoms with Gasteiger partial charge >= 0.3 is 0 Å². The smallest absolute Gasteiger partial charge is 0.164 e. The Kier molecular flexibility index (Phi) is 3.66. The van der Waals surface area contributed by atoms with Gasteiger partial charge in [0.2, 0.25) is 0 Å². The van der Waals surface area contributed by atoms with Gasteiger partial charge in [-0.15, -0.1) is 0 Å². The normalized spacial score (nSPS) is 14.8. The zero-order valence-corrected chi connectivity index (χ0v) is 22.8. The highest BCUT2D eigenvalue weighted by atomic mass is 16.3. The molecule has 9 aromatic rings. The van der Waals surface area contributed by atoms with Crippen molar-refractivity contribution in [3.63, 3.8) is 0 Å². The van der Waals surface area contributed by atoms with Crippen LogP contribution in [0.4, 0.5) is 0 Å². The monoisotopic (exact) mass is 574 g/mol. The maximum Gasteiger partial charge on any atom is 0.164 e. The molecule has 0 bridgehead atoms. The van der Waals surface area contributed by atoms with Crippen LogP contribution in [-0.4, -0.2) is 19.5 Å². The average molecular weight is 575 g/mol. The molecule has 0 radical (unpaired) electrons. The van der Waals surface area contributed by atoms with Crippen LogP contribution in [0.15, 0.2) is 150 Å². The number of aromatic nitrogens is 4. The van der Waals surface area contributed by atoms with Crippen LogP contribution >= 0.6 is 0 Å². The Hall–Kier alpha value is -6.07. The summed E-state index contributed by atoms with van der Waals surface area (Å²) < 4.78 is 94.6. The lowest BCUT2D eigenvalue weighted by molar-refractivity contribution is 0.671. The number of rotatable bonds is 4. The molecule has 0 saturated carbocycles. The molecule has 206 valence electrons. The van der Waals surface area contributed by atoms with E-state index >= 15 is 0 Å². The molecule has 5 nitrogen and oxygen atoms in total. The van der Waals surface area contributed by atoms with Crippen LogP contribution in [0.25, 0.3) is 83.6 Å². The van der Waals surface area contributed by atoms with E-state index in [9.17, 15) is 1.37 Å². The van der Waals surface area contributed by atoms with Gasteiger partial charge in [-0.05, 0) is 42.4 Å². The summed E-state index contributed by atoms with van der Waals surface area (Å²) in [6.45, 7) is 0. The highest BCUT2D eigenvalue weighted by Gasteiger charge is 2.19. The Morgan fingerprint density at radius 3 is 1.70 bits per heavy atom. The lowest BCUT2D eigenvalue weighted by atomic mass is 10.1. The van der Waals surface area contributed by atoms with Gasteiger partial charge in [0.05, 0.1) is 24.7 Å². The van der Waals surface area contributed by atoms with Crippen molar-refractivity contribution in [2.75, 3.05) is 0 Å². The quantitative estimate of drug-likeness (QED) is 0.210. The first-order valence-corrected chi connectivity index (χ1v) is 13.8. The summed E-state index contributed by atoms with van der Waals surface area (Å²) in [5, 5.41) is -0.0813. The van der Waals surface area contributed by atoms with Crippen molar-refractivity contribution in [3.8, 4) is 39.9 Å². The topological polar surface area (TPSA) is 56.7 Å². The molecule has 5 heteroatoms. The Labute approximate surface area is 266 Å². The minimum absolute atomic E-state index is 0.00189. The summed E-state index contributed by atoms with van der Waals surface area (Å²) in [6.07, 6.45) is 0. The van der Waals surface area contributed by atoms with Crippen LogP contribution in [0.3, 0.4) is 0 Å². The third kappa shape index (κ3) is 3.83. The second-order valence-corrected chi connectivity index (χ2v) is 10.1. The van der Waals surface area contributed by atoms with Crippen LogP contribution < -0.4 is 0 Å². The van der Waals surface area contributed by atoms with E-state index in [2.05, 4.69) is 0 Å². The van der Waals surface area contributed by atoms with E-state index in [1.165, 1.54) is 4.57 Å². The van der Waals surface area contributed by atoms with Gasteiger partial charge in [0.25, 0.3) is 0 Å². The molecule has 0 fully saturated rings. The Balaban J connectivity index is 1.35. The minimum Gasteiger partial charge on any atom is -0.454 e. The largest absolute Gasteiger partial charge is 0.454 e. The number of hydrogen-bond acceptors (Lipinski definition) is 4. The van der Waals surface area contributed by atoms with E-state index in [0.29, 0.717) is 28.7 Å². The maximum atomic E-state index is 9.17. The minimum atomic E-state index is -0.527. The fourth-order valence-corrected chi connectivity index (χ4v) is 5.52. The van der Waals surface area contributed by atoms with Crippen molar-refractivity contribution in [3.05, 3.63) is 145 Å². The molecule has 6 aromatic carbocycles. The van der Waals surface area contributed by atoms with Gasteiger partial charge in [-0.1, -0.05) is 103 Å². The molecular weight excluding hydrogens is 540 g/mol. The van der Waals surface area contributed by atoms with E-state index in [1.54, 1.807) is 24.3 Å². The van der Waals surface area contributed by atoms with Gasteiger partial charge < -0.3 is 8.98 Å². The molecule has 9 rings (SSSR count). The third-order valence-electron chi connectivity index (χ3n) is 7.55. The van der Waals surface area contributed by atoms with E-state index in [0.717, 1.165) is 11.1 Å². The number of nitrogens with zero attached hydrogens (tertiary/aromatic N) is 4. The predicted octanol–water partition coefficient (Wildman–Crippen LogP) is 9.87. The molecule has 0 N–H and O–H groups in total. The lowest BCUT2D eigenvalue weighted by Gasteiger charge is -2.11. The van der Waals surface area contributed by atoms with Gasteiger partial charge in [-0.2, -0.15) is 0 Å². The highest BCUT2D eigenvalue weighted by molar-refractivity contribution is 6.21. The summed E-state index contributed by atoms with van der Waals surface area (Å²) in [4.78, 5) is 14.4. The Morgan fingerprint density at radius 1 is 0.500 bits per heavy atom. The lowest BCUT2D eigenvalue weighted by Crippen LogP contribution is -2.00. The van der Waals surface area contributed by atoms with E-state index in [1.807, 2.05) is 60.7 Å². The SMILES string of the molecule is [2H]c1c([2H])c([2H])c2c(oc3c2c([2H])c([2H])c2c4c([2H])c([2H])c([2H])c([2H])c4n(-c4ccc(-c5nc(-c6ccccc6)nc(-c6ccccc6)n5)cc4)c32)c1[2H]. The van der Waals surface area contributed by atoms with Gasteiger partial charge in [-0.25, -0.2) is 15.0 Å². The molecule has 3 aromatic heterocycles. The molecule has 0 aliphatic rings. The number of benzene rings is 6. The second kappa shape index (κ2) is 9.75. The van der Waals surface area contributed by atoms with Crippen molar-refractivity contribution < 1.29 is 18.1 Å². The van der Waals surface area contributed by atoms with Crippen molar-refractivity contribution in [1.29, 1.82) is 0 Å². The molecule has 0 unspecified atom stereocenters. The fourth-order valence-electron chi connectivity index (χ4n) is 5.52. The molecule has 0 aliphatic heterocycles. The van der Waals surface area contributed by atoms with E-state index < -0.39 is 48.3 Å².